The lowest BCUT2D eigenvalue weighted by atomic mass is 10.0. The molecule has 126 valence electrons. The van der Waals surface area contributed by atoms with Crippen molar-refractivity contribution in [3.8, 4) is 5.75 Å². The molecule has 2 fully saturated rings. The van der Waals surface area contributed by atoms with Gasteiger partial charge in [-0.25, -0.2) is 4.79 Å². The Kier molecular flexibility index (Phi) is 4.43. The van der Waals surface area contributed by atoms with Crippen LogP contribution in [0.4, 0.5) is 0 Å². The summed E-state index contributed by atoms with van der Waals surface area (Å²) in [6.45, 7) is -0.484. The number of benzene rings is 1. The first-order chi connectivity index (χ1) is 10.9. The largest absolute Gasteiger partial charge is 0.494 e. The van der Waals surface area contributed by atoms with Crippen LogP contribution in [0.3, 0.4) is 0 Å². The van der Waals surface area contributed by atoms with E-state index in [1.807, 2.05) is 0 Å². The van der Waals surface area contributed by atoms with Gasteiger partial charge in [-0.2, -0.15) is 0 Å². The molecule has 0 radical (unpaired) electrons. The molecular formula is C14H14Cl2O7. The van der Waals surface area contributed by atoms with Crippen molar-refractivity contribution in [3.05, 3.63) is 27.7 Å². The van der Waals surface area contributed by atoms with Gasteiger partial charge < -0.3 is 29.2 Å². The Hall–Kier alpha value is -1.09. The zero-order valence-corrected chi connectivity index (χ0v) is 13.5. The summed E-state index contributed by atoms with van der Waals surface area (Å²) in [7, 11) is 1.33. The van der Waals surface area contributed by atoms with Crippen LogP contribution in [0.25, 0.3) is 0 Å². The Morgan fingerprint density at radius 2 is 2.13 bits per heavy atom. The summed E-state index contributed by atoms with van der Waals surface area (Å²) in [6.07, 6.45) is -2.06. The number of carbonyl (C=O) groups is 1. The van der Waals surface area contributed by atoms with Gasteiger partial charge in [0.05, 0.1) is 23.8 Å². The fraction of sp³-hybridized carbons (Fsp3) is 0.500. The minimum absolute atomic E-state index is 0.0619. The molecule has 0 aliphatic carbocycles. The van der Waals surface area contributed by atoms with Crippen LogP contribution in [0.1, 0.15) is 10.4 Å². The summed E-state index contributed by atoms with van der Waals surface area (Å²) in [6, 6.07) is 2.90. The molecule has 2 aliphatic rings. The third-order valence-electron chi connectivity index (χ3n) is 3.77. The smallest absolute Gasteiger partial charge is 0.343 e. The van der Waals surface area contributed by atoms with Gasteiger partial charge in [0, 0.05) is 0 Å². The highest BCUT2D eigenvalue weighted by molar-refractivity contribution is 6.37. The minimum atomic E-state index is -2.04. The summed E-state index contributed by atoms with van der Waals surface area (Å²) in [5, 5.41) is 20.5. The van der Waals surface area contributed by atoms with Crippen molar-refractivity contribution in [2.24, 2.45) is 0 Å². The Bertz CT molecular complexity index is 638. The number of fused-ring (bicyclic) bond motifs is 1. The van der Waals surface area contributed by atoms with Gasteiger partial charge in [0.1, 0.15) is 30.5 Å². The number of aliphatic hydroxyl groups is 2. The second-order valence-electron chi connectivity index (χ2n) is 5.25. The summed E-state index contributed by atoms with van der Waals surface area (Å²) in [5.41, 5.74) is -0.0730. The second kappa shape index (κ2) is 6.08. The first-order valence-corrected chi connectivity index (χ1v) is 7.52. The van der Waals surface area contributed by atoms with Gasteiger partial charge in [-0.3, -0.25) is 0 Å². The molecule has 0 aromatic heterocycles. The fourth-order valence-corrected chi connectivity index (χ4v) is 2.89. The number of carbonyl (C=O) groups excluding carboxylic acids is 1. The molecule has 0 amide bonds. The van der Waals surface area contributed by atoms with Gasteiger partial charge in [-0.1, -0.05) is 23.2 Å². The van der Waals surface area contributed by atoms with E-state index in [4.69, 9.17) is 42.1 Å². The van der Waals surface area contributed by atoms with E-state index in [1.54, 1.807) is 0 Å². The van der Waals surface area contributed by atoms with Gasteiger partial charge in [-0.15, -0.1) is 0 Å². The van der Waals surface area contributed by atoms with Gasteiger partial charge in [0.15, 0.2) is 5.75 Å². The van der Waals surface area contributed by atoms with Crippen molar-refractivity contribution in [1.29, 1.82) is 0 Å². The Balaban J connectivity index is 1.74. The molecule has 4 atom stereocenters. The van der Waals surface area contributed by atoms with E-state index in [-0.39, 0.29) is 34.1 Å². The molecule has 0 bridgehead atoms. The molecule has 2 heterocycles. The number of esters is 1. The maximum atomic E-state index is 12.3. The molecule has 2 saturated heterocycles. The van der Waals surface area contributed by atoms with E-state index in [1.165, 1.54) is 19.2 Å². The number of hydrogen-bond acceptors (Lipinski definition) is 7. The van der Waals surface area contributed by atoms with Crippen LogP contribution in [-0.4, -0.2) is 60.6 Å². The standard InChI is InChI=1S/C14H14Cl2O7/c1-20-10-7(16)3-2-6(15)9(10)13(18)21-5-14(19)12(17)11-8(23-11)4-22-14/h2-3,8,11-12,17,19H,4-5H2,1H3. The molecule has 7 nitrogen and oxygen atoms in total. The Labute approximate surface area is 141 Å². The summed E-state index contributed by atoms with van der Waals surface area (Å²) in [4.78, 5) is 12.3. The lowest BCUT2D eigenvalue weighted by molar-refractivity contribution is -0.282. The molecular weight excluding hydrogens is 351 g/mol. The number of epoxide rings is 1. The summed E-state index contributed by atoms with van der Waals surface area (Å²) >= 11 is 11.9. The van der Waals surface area contributed by atoms with E-state index in [2.05, 4.69) is 0 Å². The van der Waals surface area contributed by atoms with Crippen LogP contribution in [-0.2, 0) is 14.2 Å². The first kappa shape index (κ1) is 16.8. The van der Waals surface area contributed by atoms with Crippen LogP contribution < -0.4 is 4.74 Å². The van der Waals surface area contributed by atoms with Crippen LogP contribution in [0, 0.1) is 0 Å². The van der Waals surface area contributed by atoms with Gasteiger partial charge >= 0.3 is 5.97 Å². The quantitative estimate of drug-likeness (QED) is 0.607. The number of ether oxygens (including phenoxy) is 4. The molecule has 9 heteroatoms. The maximum absolute atomic E-state index is 12.3. The molecule has 3 rings (SSSR count). The van der Waals surface area contributed by atoms with E-state index >= 15 is 0 Å². The highest BCUT2D eigenvalue weighted by Crippen LogP contribution is 2.38. The third-order valence-corrected chi connectivity index (χ3v) is 4.38. The molecule has 23 heavy (non-hydrogen) atoms. The van der Waals surface area contributed by atoms with E-state index in [0.717, 1.165) is 0 Å². The van der Waals surface area contributed by atoms with E-state index in [0.29, 0.717) is 0 Å². The fourth-order valence-electron chi connectivity index (χ4n) is 2.43. The SMILES string of the molecule is COc1c(Cl)ccc(Cl)c1C(=O)OCC1(O)OCC2OC2C1O. The molecule has 2 aliphatic heterocycles. The monoisotopic (exact) mass is 364 g/mol. The zero-order chi connectivity index (χ0) is 16.8. The number of hydrogen-bond donors (Lipinski definition) is 2. The van der Waals surface area contributed by atoms with Crippen LogP contribution in [0.5, 0.6) is 5.75 Å². The summed E-state index contributed by atoms with van der Waals surface area (Å²) < 4.78 is 20.3. The Morgan fingerprint density at radius 3 is 2.83 bits per heavy atom. The van der Waals surface area contributed by atoms with Crippen LogP contribution in [0.2, 0.25) is 10.0 Å². The van der Waals surface area contributed by atoms with Crippen molar-refractivity contribution < 1.29 is 34.0 Å². The van der Waals surface area contributed by atoms with Crippen molar-refractivity contribution in [1.82, 2.24) is 0 Å². The maximum Gasteiger partial charge on any atom is 0.343 e. The van der Waals surface area contributed by atoms with Crippen molar-refractivity contribution in [3.63, 3.8) is 0 Å². The normalized spacial score (nSPS) is 32.1. The van der Waals surface area contributed by atoms with Crippen molar-refractivity contribution >= 4 is 29.2 Å². The van der Waals surface area contributed by atoms with Gasteiger partial charge in [-0.05, 0) is 12.1 Å². The number of methoxy groups -OCH3 is 1. The highest BCUT2D eigenvalue weighted by Gasteiger charge is 2.59. The van der Waals surface area contributed by atoms with Gasteiger partial charge in [0.2, 0.25) is 5.79 Å². The lowest BCUT2D eigenvalue weighted by Gasteiger charge is -2.33. The second-order valence-corrected chi connectivity index (χ2v) is 6.07. The predicted molar refractivity (Wildman–Crippen MR) is 78.9 cm³/mol. The van der Waals surface area contributed by atoms with E-state index < -0.39 is 30.6 Å². The average Bonchev–Trinajstić information content (AvgIpc) is 3.31. The predicted octanol–water partition coefficient (Wildman–Crippen LogP) is 1.01. The number of halogens is 2. The molecule has 4 unspecified atom stereocenters. The minimum Gasteiger partial charge on any atom is -0.494 e. The Morgan fingerprint density at radius 1 is 1.43 bits per heavy atom. The molecule has 0 saturated carbocycles. The highest BCUT2D eigenvalue weighted by atomic mass is 35.5. The lowest BCUT2D eigenvalue weighted by Crippen LogP contribution is -2.55. The molecule has 2 N–H and O–H groups in total. The topological polar surface area (TPSA) is 97.8 Å². The van der Waals surface area contributed by atoms with Crippen LogP contribution in [0.15, 0.2) is 12.1 Å². The third kappa shape index (κ3) is 3.00. The van der Waals surface area contributed by atoms with Gasteiger partial charge in [0.25, 0.3) is 0 Å². The van der Waals surface area contributed by atoms with Crippen LogP contribution >= 0.6 is 23.2 Å². The van der Waals surface area contributed by atoms with Crippen molar-refractivity contribution in [2.45, 2.75) is 24.1 Å². The average molecular weight is 365 g/mol. The molecule has 1 aromatic carbocycles. The number of rotatable bonds is 4. The number of aliphatic hydroxyl groups excluding tert-OH is 1. The van der Waals surface area contributed by atoms with Crippen molar-refractivity contribution in [2.75, 3.05) is 20.3 Å². The first-order valence-electron chi connectivity index (χ1n) is 6.76. The summed E-state index contributed by atoms with van der Waals surface area (Å²) in [5.74, 6) is -2.84. The molecule has 0 spiro atoms. The van der Waals surface area contributed by atoms with E-state index in [9.17, 15) is 15.0 Å². The zero-order valence-electron chi connectivity index (χ0n) is 12.0. The molecule has 1 aromatic rings.